The van der Waals surface area contributed by atoms with E-state index in [1.165, 1.54) is 0 Å². The molecule has 2 nitrogen and oxygen atoms in total. The predicted molar refractivity (Wildman–Crippen MR) is 52.4 cm³/mol. The van der Waals surface area contributed by atoms with Crippen molar-refractivity contribution in [2.75, 3.05) is 0 Å². The third-order valence-corrected chi connectivity index (χ3v) is 2.27. The highest BCUT2D eigenvalue weighted by atomic mass is 16.5. The molecule has 1 atom stereocenters. The quantitative estimate of drug-likeness (QED) is 0.371. The second kappa shape index (κ2) is 5.79. The summed E-state index contributed by atoms with van der Waals surface area (Å²) < 4.78 is 5.10. The van der Waals surface area contributed by atoms with Crippen LogP contribution in [0.3, 0.4) is 0 Å². The summed E-state index contributed by atoms with van der Waals surface area (Å²) >= 11 is 0. The lowest BCUT2D eigenvalue weighted by molar-refractivity contribution is -0.141. The monoisotopic (exact) mass is 182 g/mol. The Labute approximate surface area is 80.0 Å². The van der Waals surface area contributed by atoms with Crippen molar-refractivity contribution in [2.24, 2.45) is 0 Å². The van der Waals surface area contributed by atoms with Crippen molar-refractivity contribution in [1.82, 2.24) is 0 Å². The molecule has 0 radical (unpaired) electrons. The van der Waals surface area contributed by atoms with Gasteiger partial charge in [0.2, 0.25) is 0 Å². The third kappa shape index (κ3) is 4.11. The minimum Gasteiger partial charge on any atom is -0.462 e. The molecular weight excluding hydrogens is 164 g/mol. The summed E-state index contributed by atoms with van der Waals surface area (Å²) in [5, 5.41) is 0. The first kappa shape index (κ1) is 10.3. The van der Waals surface area contributed by atoms with Crippen molar-refractivity contribution in [2.45, 2.75) is 51.6 Å². The lowest BCUT2D eigenvalue weighted by Crippen LogP contribution is -2.05. The number of allylic oxidation sites excluding steroid dienone is 2. The smallest absolute Gasteiger partial charge is 0.306 e. The van der Waals surface area contributed by atoms with Crippen LogP contribution < -0.4 is 0 Å². The standard InChI is InChI=1S/C11H18O2/c1-2-3-4-5-6-7-10-8-9-11(12)13-10/h3-4,10H,2,5-9H2,1H3/b4-3+. The number of hydrogen-bond donors (Lipinski definition) is 0. The number of cyclic esters (lactones) is 1. The molecule has 1 fully saturated rings. The maximum absolute atomic E-state index is 10.8. The SMILES string of the molecule is CC/C=C/CCCC1CCC(=O)O1. The molecule has 1 saturated heterocycles. The van der Waals surface area contributed by atoms with E-state index in [0.717, 1.165) is 32.1 Å². The zero-order chi connectivity index (χ0) is 9.52. The Balaban J connectivity index is 2.00. The van der Waals surface area contributed by atoms with E-state index in [0.29, 0.717) is 6.42 Å². The average Bonchev–Trinajstić information content (AvgIpc) is 2.51. The highest BCUT2D eigenvalue weighted by molar-refractivity contribution is 5.71. The lowest BCUT2D eigenvalue weighted by atomic mass is 10.1. The molecule has 1 rings (SSSR count). The molecule has 0 saturated carbocycles. The van der Waals surface area contributed by atoms with Crippen LogP contribution in [0, 0.1) is 0 Å². The fourth-order valence-corrected chi connectivity index (χ4v) is 1.53. The molecule has 0 amide bonds. The van der Waals surface area contributed by atoms with Gasteiger partial charge >= 0.3 is 5.97 Å². The van der Waals surface area contributed by atoms with Gasteiger partial charge < -0.3 is 4.74 Å². The maximum atomic E-state index is 10.8. The van der Waals surface area contributed by atoms with Crippen LogP contribution in [0.2, 0.25) is 0 Å². The van der Waals surface area contributed by atoms with E-state index in [2.05, 4.69) is 19.1 Å². The summed E-state index contributed by atoms with van der Waals surface area (Å²) in [6.45, 7) is 2.13. The zero-order valence-corrected chi connectivity index (χ0v) is 8.29. The van der Waals surface area contributed by atoms with Gasteiger partial charge in [0.1, 0.15) is 6.10 Å². The van der Waals surface area contributed by atoms with Crippen LogP contribution in [0.5, 0.6) is 0 Å². The van der Waals surface area contributed by atoms with Gasteiger partial charge in [0.25, 0.3) is 0 Å². The van der Waals surface area contributed by atoms with Crippen LogP contribution in [0.25, 0.3) is 0 Å². The molecule has 0 aromatic carbocycles. The van der Waals surface area contributed by atoms with E-state index in [4.69, 9.17) is 4.74 Å². The van der Waals surface area contributed by atoms with Crippen LogP contribution in [0.1, 0.15) is 45.4 Å². The Morgan fingerprint density at radius 1 is 1.54 bits per heavy atom. The van der Waals surface area contributed by atoms with Crippen molar-refractivity contribution in [3.05, 3.63) is 12.2 Å². The zero-order valence-electron chi connectivity index (χ0n) is 8.29. The minimum atomic E-state index is -0.0194. The molecule has 0 aliphatic carbocycles. The maximum Gasteiger partial charge on any atom is 0.306 e. The van der Waals surface area contributed by atoms with Crippen molar-refractivity contribution >= 4 is 5.97 Å². The molecule has 74 valence electrons. The van der Waals surface area contributed by atoms with E-state index < -0.39 is 0 Å². The fourth-order valence-electron chi connectivity index (χ4n) is 1.53. The van der Waals surface area contributed by atoms with Crippen LogP contribution in [0.4, 0.5) is 0 Å². The number of unbranched alkanes of at least 4 members (excludes halogenated alkanes) is 1. The van der Waals surface area contributed by atoms with E-state index in [-0.39, 0.29) is 12.1 Å². The molecule has 2 heteroatoms. The van der Waals surface area contributed by atoms with Crippen molar-refractivity contribution in [1.29, 1.82) is 0 Å². The first-order valence-corrected chi connectivity index (χ1v) is 5.17. The van der Waals surface area contributed by atoms with Gasteiger partial charge in [-0.2, -0.15) is 0 Å². The molecule has 1 unspecified atom stereocenters. The molecule has 13 heavy (non-hydrogen) atoms. The molecule has 0 bridgehead atoms. The minimum absolute atomic E-state index is 0.0194. The number of hydrogen-bond acceptors (Lipinski definition) is 2. The highest BCUT2D eigenvalue weighted by Gasteiger charge is 2.21. The van der Waals surface area contributed by atoms with Gasteiger partial charge in [0, 0.05) is 6.42 Å². The van der Waals surface area contributed by atoms with Crippen LogP contribution >= 0.6 is 0 Å². The summed E-state index contributed by atoms with van der Waals surface area (Å²) in [6, 6.07) is 0. The first-order chi connectivity index (χ1) is 6.33. The molecule has 0 aromatic rings. The summed E-state index contributed by atoms with van der Waals surface area (Å²) in [7, 11) is 0. The normalized spacial score (nSPS) is 22.5. The second-order valence-corrected chi connectivity index (χ2v) is 3.46. The van der Waals surface area contributed by atoms with Crippen molar-refractivity contribution in [3.8, 4) is 0 Å². The summed E-state index contributed by atoms with van der Waals surface area (Å²) in [5.41, 5.74) is 0. The molecule has 1 aliphatic rings. The lowest BCUT2D eigenvalue weighted by Gasteiger charge is -2.06. The molecule has 1 heterocycles. The van der Waals surface area contributed by atoms with Gasteiger partial charge in [0.15, 0.2) is 0 Å². The second-order valence-electron chi connectivity index (χ2n) is 3.46. The van der Waals surface area contributed by atoms with Gasteiger partial charge in [-0.3, -0.25) is 4.79 Å². The largest absolute Gasteiger partial charge is 0.462 e. The number of carbonyl (C=O) groups is 1. The number of rotatable bonds is 5. The Kier molecular flexibility index (Phi) is 4.58. The Morgan fingerprint density at radius 3 is 3.00 bits per heavy atom. The van der Waals surface area contributed by atoms with Gasteiger partial charge in [-0.25, -0.2) is 0 Å². The number of ether oxygens (including phenoxy) is 1. The number of carbonyl (C=O) groups excluding carboxylic acids is 1. The van der Waals surface area contributed by atoms with Gasteiger partial charge in [-0.15, -0.1) is 0 Å². The molecular formula is C11H18O2. The fraction of sp³-hybridized carbons (Fsp3) is 0.727. The molecule has 0 spiro atoms. The van der Waals surface area contributed by atoms with Crippen LogP contribution in [0.15, 0.2) is 12.2 Å². The number of esters is 1. The van der Waals surface area contributed by atoms with Crippen LogP contribution in [-0.2, 0) is 9.53 Å². The first-order valence-electron chi connectivity index (χ1n) is 5.17. The average molecular weight is 182 g/mol. The molecule has 0 N–H and O–H groups in total. The van der Waals surface area contributed by atoms with Crippen molar-refractivity contribution in [3.63, 3.8) is 0 Å². The third-order valence-electron chi connectivity index (χ3n) is 2.27. The van der Waals surface area contributed by atoms with E-state index in [1.54, 1.807) is 0 Å². The molecule has 0 aromatic heterocycles. The summed E-state index contributed by atoms with van der Waals surface area (Å²) in [6.07, 6.45) is 10.5. The van der Waals surface area contributed by atoms with E-state index in [9.17, 15) is 4.79 Å². The van der Waals surface area contributed by atoms with E-state index in [1.807, 2.05) is 0 Å². The summed E-state index contributed by atoms with van der Waals surface area (Å²) in [4.78, 5) is 10.8. The van der Waals surface area contributed by atoms with Gasteiger partial charge in [-0.1, -0.05) is 19.1 Å². The van der Waals surface area contributed by atoms with Crippen molar-refractivity contribution < 1.29 is 9.53 Å². The van der Waals surface area contributed by atoms with Gasteiger partial charge in [0.05, 0.1) is 0 Å². The highest BCUT2D eigenvalue weighted by Crippen LogP contribution is 2.18. The van der Waals surface area contributed by atoms with E-state index >= 15 is 0 Å². The molecule has 1 aliphatic heterocycles. The van der Waals surface area contributed by atoms with Gasteiger partial charge in [-0.05, 0) is 32.1 Å². The summed E-state index contributed by atoms with van der Waals surface area (Å²) in [5.74, 6) is -0.0194. The predicted octanol–water partition coefficient (Wildman–Crippen LogP) is 2.83. The topological polar surface area (TPSA) is 26.3 Å². The Hall–Kier alpha value is -0.790. The van der Waals surface area contributed by atoms with Crippen LogP contribution in [-0.4, -0.2) is 12.1 Å². The Bertz CT molecular complexity index is 185. The Morgan fingerprint density at radius 2 is 2.38 bits per heavy atom.